The van der Waals surface area contributed by atoms with Crippen LogP contribution in [0, 0.1) is 0 Å². The van der Waals surface area contributed by atoms with E-state index >= 15 is 0 Å². The lowest BCUT2D eigenvalue weighted by atomic mass is 10.2. The van der Waals surface area contributed by atoms with Gasteiger partial charge in [0.2, 0.25) is 0 Å². The Kier molecular flexibility index (Phi) is 4.07. The molecule has 23 heavy (non-hydrogen) atoms. The fourth-order valence-electron chi connectivity index (χ4n) is 2.04. The molecule has 8 heteroatoms. The van der Waals surface area contributed by atoms with Crippen molar-refractivity contribution < 1.29 is 8.42 Å². The van der Waals surface area contributed by atoms with E-state index < -0.39 is 10.0 Å². The summed E-state index contributed by atoms with van der Waals surface area (Å²) in [5, 5.41) is 7.39. The second kappa shape index (κ2) is 6.17. The third-order valence-electron chi connectivity index (χ3n) is 3.33. The summed E-state index contributed by atoms with van der Waals surface area (Å²) < 4.78 is 28.8. The van der Waals surface area contributed by atoms with Gasteiger partial charge in [-0.25, -0.2) is 13.4 Å². The van der Waals surface area contributed by atoms with Gasteiger partial charge in [0.05, 0.1) is 16.8 Å². The number of aryl methyl sites for hydroxylation is 1. The van der Waals surface area contributed by atoms with Gasteiger partial charge in [0.1, 0.15) is 18.5 Å². The van der Waals surface area contributed by atoms with E-state index in [0.717, 1.165) is 12.0 Å². The Balaban J connectivity index is 1.79. The van der Waals surface area contributed by atoms with Crippen LogP contribution in [0.1, 0.15) is 12.5 Å². The number of pyridine rings is 1. The minimum Gasteiger partial charge on any atom is -0.278 e. The average molecular weight is 329 g/mol. The molecule has 0 amide bonds. The number of sulfonamides is 1. The number of hydrogen-bond donors (Lipinski definition) is 1. The van der Waals surface area contributed by atoms with Crippen LogP contribution in [0.4, 0.5) is 5.69 Å². The average Bonchev–Trinajstić information content (AvgIpc) is 3.10. The maximum absolute atomic E-state index is 12.4. The topological polar surface area (TPSA) is 89.8 Å². The second-order valence-electron chi connectivity index (χ2n) is 4.88. The highest BCUT2D eigenvalue weighted by Crippen LogP contribution is 2.17. The number of hydrogen-bond acceptors (Lipinski definition) is 5. The summed E-state index contributed by atoms with van der Waals surface area (Å²) in [5.74, 6) is 0.602. The second-order valence-corrected chi connectivity index (χ2v) is 6.56. The normalized spacial score (nSPS) is 11.3. The maximum atomic E-state index is 12.4. The first-order chi connectivity index (χ1) is 11.1. The molecular formula is C15H15N5O2S. The van der Waals surface area contributed by atoms with Crippen molar-refractivity contribution in [2.45, 2.75) is 18.2 Å². The standard InChI is InChI=1S/C15H15N5O2S/c1-2-12-3-6-14(7-4-12)23(21,22)19-13-5-8-15(16-9-13)20-10-17-18-11-20/h3-11,19H,2H2,1H3. The van der Waals surface area contributed by atoms with Crippen molar-refractivity contribution in [2.75, 3.05) is 4.72 Å². The minimum atomic E-state index is -3.63. The van der Waals surface area contributed by atoms with Gasteiger partial charge in [0.15, 0.2) is 0 Å². The Bertz CT molecular complexity index is 873. The number of benzene rings is 1. The molecule has 0 aliphatic carbocycles. The van der Waals surface area contributed by atoms with Gasteiger partial charge in [-0.05, 0) is 36.2 Å². The number of rotatable bonds is 5. The lowest BCUT2D eigenvalue weighted by Gasteiger charge is -2.09. The molecule has 0 saturated heterocycles. The highest BCUT2D eigenvalue weighted by atomic mass is 32.2. The molecule has 0 aliphatic rings. The highest BCUT2D eigenvalue weighted by molar-refractivity contribution is 7.92. The zero-order valence-corrected chi connectivity index (χ0v) is 13.2. The quantitative estimate of drug-likeness (QED) is 0.773. The molecule has 0 atom stereocenters. The largest absolute Gasteiger partial charge is 0.278 e. The van der Waals surface area contributed by atoms with Crippen LogP contribution < -0.4 is 4.72 Å². The van der Waals surface area contributed by atoms with E-state index in [1.165, 1.54) is 18.9 Å². The van der Waals surface area contributed by atoms with Crippen molar-refractivity contribution >= 4 is 15.7 Å². The van der Waals surface area contributed by atoms with E-state index in [9.17, 15) is 8.42 Å². The predicted octanol–water partition coefficient (Wildman–Crippen LogP) is 2.03. The van der Waals surface area contributed by atoms with Crippen molar-refractivity contribution in [1.82, 2.24) is 19.7 Å². The minimum absolute atomic E-state index is 0.220. The molecule has 118 valence electrons. The van der Waals surface area contributed by atoms with Crippen LogP contribution in [0.5, 0.6) is 0 Å². The molecule has 0 fully saturated rings. The number of anilines is 1. The van der Waals surface area contributed by atoms with Gasteiger partial charge in [0.25, 0.3) is 10.0 Å². The monoisotopic (exact) mass is 329 g/mol. The molecule has 0 radical (unpaired) electrons. The van der Waals surface area contributed by atoms with Crippen LogP contribution in [-0.4, -0.2) is 28.2 Å². The molecule has 1 aromatic carbocycles. The lowest BCUT2D eigenvalue weighted by Crippen LogP contribution is -2.13. The molecule has 2 heterocycles. The van der Waals surface area contributed by atoms with Gasteiger partial charge < -0.3 is 0 Å². The number of aromatic nitrogens is 4. The van der Waals surface area contributed by atoms with Crippen molar-refractivity contribution in [2.24, 2.45) is 0 Å². The van der Waals surface area contributed by atoms with E-state index in [1.54, 1.807) is 28.8 Å². The number of nitrogens with one attached hydrogen (secondary N) is 1. The zero-order valence-electron chi connectivity index (χ0n) is 12.4. The first-order valence-electron chi connectivity index (χ1n) is 7.01. The molecule has 0 aliphatic heterocycles. The first kappa shape index (κ1) is 15.2. The molecule has 3 aromatic rings. The summed E-state index contributed by atoms with van der Waals surface area (Å²) in [6.07, 6.45) is 5.35. The van der Waals surface area contributed by atoms with Gasteiger partial charge in [-0.15, -0.1) is 10.2 Å². The summed E-state index contributed by atoms with van der Waals surface area (Å²) >= 11 is 0. The first-order valence-corrected chi connectivity index (χ1v) is 8.49. The van der Waals surface area contributed by atoms with Crippen LogP contribution in [-0.2, 0) is 16.4 Å². The third-order valence-corrected chi connectivity index (χ3v) is 4.72. The molecule has 7 nitrogen and oxygen atoms in total. The molecule has 0 bridgehead atoms. The zero-order chi connectivity index (χ0) is 16.3. The van der Waals surface area contributed by atoms with Crippen molar-refractivity contribution in [3.8, 4) is 5.82 Å². The Morgan fingerprint density at radius 2 is 1.74 bits per heavy atom. The van der Waals surface area contributed by atoms with Crippen molar-refractivity contribution in [3.05, 3.63) is 60.8 Å². The maximum Gasteiger partial charge on any atom is 0.261 e. The van der Waals surface area contributed by atoms with Crippen LogP contribution in [0.15, 0.2) is 60.1 Å². The molecular weight excluding hydrogens is 314 g/mol. The molecule has 0 unspecified atom stereocenters. The molecule has 0 saturated carbocycles. The Morgan fingerprint density at radius 1 is 1.04 bits per heavy atom. The van der Waals surface area contributed by atoms with Gasteiger partial charge in [-0.1, -0.05) is 19.1 Å². The summed E-state index contributed by atoms with van der Waals surface area (Å²) in [7, 11) is -3.63. The summed E-state index contributed by atoms with van der Waals surface area (Å²) in [6, 6.07) is 10.1. The summed E-state index contributed by atoms with van der Waals surface area (Å²) in [4.78, 5) is 4.40. The SMILES string of the molecule is CCc1ccc(S(=O)(=O)Nc2ccc(-n3cnnc3)nc2)cc1. The van der Waals surface area contributed by atoms with Gasteiger partial charge in [0, 0.05) is 0 Å². The fraction of sp³-hybridized carbons (Fsp3) is 0.133. The van der Waals surface area contributed by atoms with E-state index in [0.29, 0.717) is 11.5 Å². The van der Waals surface area contributed by atoms with Gasteiger partial charge >= 0.3 is 0 Å². The highest BCUT2D eigenvalue weighted by Gasteiger charge is 2.14. The third kappa shape index (κ3) is 3.37. The van der Waals surface area contributed by atoms with Crippen LogP contribution >= 0.6 is 0 Å². The Morgan fingerprint density at radius 3 is 2.30 bits per heavy atom. The van der Waals surface area contributed by atoms with Crippen LogP contribution in [0.25, 0.3) is 5.82 Å². The van der Waals surface area contributed by atoms with E-state index in [1.807, 2.05) is 19.1 Å². The van der Waals surface area contributed by atoms with E-state index in [-0.39, 0.29) is 4.90 Å². The molecule has 0 spiro atoms. The van der Waals surface area contributed by atoms with E-state index in [4.69, 9.17) is 0 Å². The molecule has 1 N–H and O–H groups in total. The molecule has 3 rings (SSSR count). The smallest absolute Gasteiger partial charge is 0.261 e. The fourth-order valence-corrected chi connectivity index (χ4v) is 3.08. The summed E-state index contributed by atoms with van der Waals surface area (Å²) in [5.41, 5.74) is 1.48. The Hall–Kier alpha value is -2.74. The van der Waals surface area contributed by atoms with Crippen LogP contribution in [0.3, 0.4) is 0 Å². The van der Waals surface area contributed by atoms with Gasteiger partial charge in [-0.3, -0.25) is 9.29 Å². The lowest BCUT2D eigenvalue weighted by molar-refractivity contribution is 0.601. The predicted molar refractivity (Wildman–Crippen MR) is 85.8 cm³/mol. The molecule has 2 aromatic heterocycles. The van der Waals surface area contributed by atoms with E-state index in [2.05, 4.69) is 19.9 Å². The summed E-state index contributed by atoms with van der Waals surface area (Å²) in [6.45, 7) is 2.02. The Labute approximate surface area is 134 Å². The van der Waals surface area contributed by atoms with Crippen molar-refractivity contribution in [1.29, 1.82) is 0 Å². The van der Waals surface area contributed by atoms with Gasteiger partial charge in [-0.2, -0.15) is 0 Å². The number of nitrogens with zero attached hydrogens (tertiary/aromatic N) is 4. The van der Waals surface area contributed by atoms with Crippen molar-refractivity contribution in [3.63, 3.8) is 0 Å². The van der Waals surface area contributed by atoms with Crippen LogP contribution in [0.2, 0.25) is 0 Å².